The van der Waals surface area contributed by atoms with Gasteiger partial charge in [-0.25, -0.2) is 0 Å². The van der Waals surface area contributed by atoms with E-state index in [1.807, 2.05) is 13.1 Å². The fourth-order valence-electron chi connectivity index (χ4n) is 1.56. The van der Waals surface area contributed by atoms with E-state index in [1.165, 1.54) is 0 Å². The van der Waals surface area contributed by atoms with Crippen molar-refractivity contribution in [1.82, 2.24) is 9.97 Å². The van der Waals surface area contributed by atoms with Crippen molar-refractivity contribution < 1.29 is 0 Å². The number of nitrogens with two attached hydrogens (primary N) is 1. The first kappa shape index (κ1) is 10.1. The zero-order valence-electron chi connectivity index (χ0n) is 8.49. The molecular weight excluding hydrogens is 162 g/mol. The van der Waals surface area contributed by atoms with Crippen molar-refractivity contribution in [2.24, 2.45) is 5.73 Å². The molecule has 1 aromatic heterocycles. The Bertz CT molecular complexity index is 254. The largest absolute Gasteiger partial charge is 0.328 e. The van der Waals surface area contributed by atoms with E-state index in [1.54, 1.807) is 12.4 Å². The minimum absolute atomic E-state index is 0.0163. The Morgan fingerprint density at radius 1 is 1.46 bits per heavy atom. The van der Waals surface area contributed by atoms with Gasteiger partial charge in [0.15, 0.2) is 0 Å². The van der Waals surface area contributed by atoms with Crippen molar-refractivity contribution >= 4 is 0 Å². The molecule has 0 fully saturated rings. The van der Waals surface area contributed by atoms with Gasteiger partial charge in [-0.1, -0.05) is 13.8 Å². The molecule has 3 heteroatoms. The highest BCUT2D eigenvalue weighted by Crippen LogP contribution is 2.25. The van der Waals surface area contributed by atoms with Gasteiger partial charge < -0.3 is 5.73 Å². The zero-order valence-corrected chi connectivity index (χ0v) is 8.49. The van der Waals surface area contributed by atoms with Crippen LogP contribution in [0.5, 0.6) is 0 Å². The Morgan fingerprint density at radius 3 is 2.62 bits per heavy atom. The van der Waals surface area contributed by atoms with Crippen molar-refractivity contribution in [3.05, 3.63) is 24.3 Å². The van der Waals surface area contributed by atoms with Gasteiger partial charge in [0.1, 0.15) is 0 Å². The number of hydrogen-bond acceptors (Lipinski definition) is 3. The lowest BCUT2D eigenvalue weighted by atomic mass is 9.83. The molecule has 0 saturated heterocycles. The first-order chi connectivity index (χ1) is 6.02. The maximum Gasteiger partial charge on any atom is 0.0643 e. The molecule has 1 unspecified atom stereocenters. The number of aromatic nitrogens is 2. The highest BCUT2D eigenvalue weighted by molar-refractivity contribution is 5.10. The number of hydrogen-bond donors (Lipinski definition) is 1. The summed E-state index contributed by atoms with van der Waals surface area (Å²) in [5.74, 6) is 0. The molecule has 0 amide bonds. The molecule has 1 rings (SSSR count). The topological polar surface area (TPSA) is 51.8 Å². The van der Waals surface area contributed by atoms with Gasteiger partial charge in [0, 0.05) is 30.0 Å². The predicted octanol–water partition coefficient (Wildman–Crippen LogP) is 1.49. The lowest BCUT2D eigenvalue weighted by Crippen LogP contribution is -2.29. The summed E-state index contributed by atoms with van der Waals surface area (Å²) in [4.78, 5) is 8.34. The Morgan fingerprint density at radius 2 is 2.15 bits per heavy atom. The predicted molar refractivity (Wildman–Crippen MR) is 53.3 cm³/mol. The Hall–Kier alpha value is -0.960. The molecule has 0 aromatic carbocycles. The molecule has 0 radical (unpaired) electrons. The molecule has 0 aliphatic carbocycles. The Kier molecular flexibility index (Phi) is 2.98. The lowest BCUT2D eigenvalue weighted by molar-refractivity contribution is 0.425. The molecule has 3 nitrogen and oxygen atoms in total. The summed E-state index contributed by atoms with van der Waals surface area (Å²) in [6, 6.07) is 0.192. The maximum absolute atomic E-state index is 5.77. The molecule has 0 aliphatic rings. The second-order valence-electron chi connectivity index (χ2n) is 4.16. The van der Waals surface area contributed by atoms with Gasteiger partial charge in [-0.15, -0.1) is 0 Å². The van der Waals surface area contributed by atoms with Crippen LogP contribution in [0.25, 0.3) is 0 Å². The van der Waals surface area contributed by atoms with Crippen LogP contribution < -0.4 is 5.73 Å². The molecular formula is C10H17N3. The van der Waals surface area contributed by atoms with Crippen molar-refractivity contribution in [2.75, 3.05) is 0 Å². The monoisotopic (exact) mass is 179 g/mol. The summed E-state index contributed by atoms with van der Waals surface area (Å²) in [7, 11) is 0. The fraction of sp³-hybridized carbons (Fsp3) is 0.600. The van der Waals surface area contributed by atoms with Crippen LogP contribution in [0.1, 0.15) is 32.9 Å². The van der Waals surface area contributed by atoms with E-state index in [0.717, 1.165) is 12.1 Å². The van der Waals surface area contributed by atoms with Gasteiger partial charge in [-0.05, 0) is 13.3 Å². The molecule has 1 heterocycles. The molecule has 0 bridgehead atoms. The third kappa shape index (κ3) is 2.77. The molecule has 0 saturated carbocycles. The molecule has 2 N–H and O–H groups in total. The zero-order chi connectivity index (χ0) is 9.90. The molecule has 0 aliphatic heterocycles. The van der Waals surface area contributed by atoms with Crippen LogP contribution in [0.2, 0.25) is 0 Å². The summed E-state index contributed by atoms with van der Waals surface area (Å²) < 4.78 is 0. The van der Waals surface area contributed by atoms with Gasteiger partial charge in [-0.3, -0.25) is 9.97 Å². The molecule has 1 atom stereocenters. The van der Waals surface area contributed by atoms with E-state index in [9.17, 15) is 0 Å². The van der Waals surface area contributed by atoms with E-state index < -0.39 is 0 Å². The minimum Gasteiger partial charge on any atom is -0.328 e. The highest BCUT2D eigenvalue weighted by Gasteiger charge is 2.23. The van der Waals surface area contributed by atoms with Crippen LogP contribution in [0, 0.1) is 0 Å². The minimum atomic E-state index is 0.0163. The molecule has 13 heavy (non-hydrogen) atoms. The van der Waals surface area contributed by atoms with E-state index in [2.05, 4.69) is 23.8 Å². The van der Waals surface area contributed by atoms with Gasteiger partial charge in [0.05, 0.1) is 5.69 Å². The number of rotatable bonds is 3. The summed E-state index contributed by atoms with van der Waals surface area (Å²) in [6.07, 6.45) is 6.14. The highest BCUT2D eigenvalue weighted by atomic mass is 14.8. The van der Waals surface area contributed by atoms with Gasteiger partial charge in [0.25, 0.3) is 0 Å². The van der Waals surface area contributed by atoms with Crippen LogP contribution in [-0.2, 0) is 5.41 Å². The summed E-state index contributed by atoms with van der Waals surface area (Å²) in [5.41, 5.74) is 6.79. The van der Waals surface area contributed by atoms with Crippen LogP contribution in [0.15, 0.2) is 18.6 Å². The molecule has 0 spiro atoms. The average molecular weight is 179 g/mol. The van der Waals surface area contributed by atoms with Crippen molar-refractivity contribution in [2.45, 2.75) is 38.6 Å². The van der Waals surface area contributed by atoms with Crippen molar-refractivity contribution in [1.29, 1.82) is 0 Å². The Balaban J connectivity index is 2.81. The smallest absolute Gasteiger partial charge is 0.0643 e. The maximum atomic E-state index is 5.77. The fourth-order valence-corrected chi connectivity index (χ4v) is 1.56. The third-order valence-electron chi connectivity index (χ3n) is 2.09. The van der Waals surface area contributed by atoms with E-state index >= 15 is 0 Å². The standard InChI is InChI=1S/C10H17N3/c1-8(11)6-10(2,3)9-7-12-4-5-13-9/h4-5,7-8H,6,11H2,1-3H3. The first-order valence-corrected chi connectivity index (χ1v) is 4.54. The van der Waals surface area contributed by atoms with Crippen molar-refractivity contribution in [3.63, 3.8) is 0 Å². The van der Waals surface area contributed by atoms with Gasteiger partial charge in [0.2, 0.25) is 0 Å². The van der Waals surface area contributed by atoms with E-state index in [4.69, 9.17) is 5.73 Å². The van der Waals surface area contributed by atoms with Crippen LogP contribution in [0.4, 0.5) is 0 Å². The summed E-state index contributed by atoms with van der Waals surface area (Å²) in [6.45, 7) is 6.29. The van der Waals surface area contributed by atoms with Gasteiger partial charge in [-0.2, -0.15) is 0 Å². The molecule has 72 valence electrons. The number of nitrogens with zero attached hydrogens (tertiary/aromatic N) is 2. The summed E-state index contributed by atoms with van der Waals surface area (Å²) >= 11 is 0. The second-order valence-corrected chi connectivity index (χ2v) is 4.16. The average Bonchev–Trinajstić information content (AvgIpc) is 2.04. The third-order valence-corrected chi connectivity index (χ3v) is 2.09. The quantitative estimate of drug-likeness (QED) is 0.764. The van der Waals surface area contributed by atoms with Gasteiger partial charge >= 0.3 is 0 Å². The molecule has 1 aromatic rings. The Labute approximate surface area is 79.4 Å². The SMILES string of the molecule is CC(N)CC(C)(C)c1cnccn1. The van der Waals surface area contributed by atoms with Crippen molar-refractivity contribution in [3.8, 4) is 0 Å². The van der Waals surface area contributed by atoms with E-state index in [-0.39, 0.29) is 11.5 Å². The van der Waals surface area contributed by atoms with E-state index in [0.29, 0.717) is 0 Å². The second kappa shape index (κ2) is 3.83. The normalized spacial score (nSPS) is 14.2. The van der Waals surface area contributed by atoms with Crippen LogP contribution in [0.3, 0.4) is 0 Å². The summed E-state index contributed by atoms with van der Waals surface area (Å²) in [5, 5.41) is 0. The first-order valence-electron chi connectivity index (χ1n) is 4.54. The van der Waals surface area contributed by atoms with Crippen LogP contribution in [-0.4, -0.2) is 16.0 Å². The van der Waals surface area contributed by atoms with Crippen LogP contribution >= 0.6 is 0 Å². The lowest BCUT2D eigenvalue weighted by Gasteiger charge is -2.25.